The molecule has 170 valence electrons. The van der Waals surface area contributed by atoms with Crippen LogP contribution in [0.4, 0.5) is 5.69 Å². The highest BCUT2D eigenvalue weighted by Gasteiger charge is 2.37. The van der Waals surface area contributed by atoms with Crippen LogP contribution in [0.2, 0.25) is 0 Å². The first-order chi connectivity index (χ1) is 16.0. The Morgan fingerprint density at radius 2 is 1.94 bits per heavy atom. The number of hydrogen-bond acceptors (Lipinski definition) is 5. The van der Waals surface area contributed by atoms with E-state index in [1.807, 2.05) is 58.0 Å². The molecule has 0 spiro atoms. The summed E-state index contributed by atoms with van der Waals surface area (Å²) in [5, 5.41) is 3.80. The molecule has 2 fully saturated rings. The molecule has 0 radical (unpaired) electrons. The summed E-state index contributed by atoms with van der Waals surface area (Å²) in [6, 6.07) is 11.8. The van der Waals surface area contributed by atoms with Crippen molar-refractivity contribution in [3.8, 4) is 0 Å². The Hall–Kier alpha value is -1.95. The molecular weight excluding hydrogens is 588 g/mol. The number of carbonyl (C=O) groups excluding carboxylic acids is 1. The van der Waals surface area contributed by atoms with Gasteiger partial charge in [0, 0.05) is 39.2 Å². The summed E-state index contributed by atoms with van der Waals surface area (Å²) in [4.78, 5) is 28.9. The summed E-state index contributed by atoms with van der Waals surface area (Å²) < 4.78 is 1.88. The number of amidine groups is 1. The highest BCUT2D eigenvalue weighted by Crippen LogP contribution is 2.35. The van der Waals surface area contributed by atoms with Crippen LogP contribution >= 0.6 is 55.8 Å². The summed E-state index contributed by atoms with van der Waals surface area (Å²) in [7, 11) is 0. The van der Waals surface area contributed by atoms with Gasteiger partial charge in [0.05, 0.1) is 17.4 Å². The Bertz CT molecular complexity index is 1240. The van der Waals surface area contributed by atoms with Crippen molar-refractivity contribution in [3.63, 3.8) is 0 Å². The zero-order valence-corrected chi connectivity index (χ0v) is 22.2. The fourth-order valence-corrected chi connectivity index (χ4v) is 6.59. The van der Waals surface area contributed by atoms with Gasteiger partial charge in [-0.25, -0.2) is 4.98 Å². The van der Waals surface area contributed by atoms with E-state index in [9.17, 15) is 4.79 Å². The van der Waals surface area contributed by atoms with Crippen LogP contribution in [0.3, 0.4) is 0 Å². The fraction of sp³-hybridized carbons (Fsp3) is 0.273. The van der Waals surface area contributed by atoms with Crippen molar-refractivity contribution in [3.05, 3.63) is 57.2 Å². The van der Waals surface area contributed by atoms with Crippen LogP contribution < -0.4 is 10.2 Å². The van der Waals surface area contributed by atoms with Crippen LogP contribution in [0.25, 0.3) is 11.0 Å². The molecule has 1 atom stereocenters. The fourth-order valence-electron chi connectivity index (χ4n) is 4.05. The van der Waals surface area contributed by atoms with Crippen molar-refractivity contribution in [1.82, 2.24) is 20.2 Å². The Kier molecular flexibility index (Phi) is 6.73. The van der Waals surface area contributed by atoms with Crippen molar-refractivity contribution < 1.29 is 4.79 Å². The number of anilines is 1. The van der Waals surface area contributed by atoms with Gasteiger partial charge in [-0.05, 0) is 54.2 Å². The number of H-pyrrole nitrogens is 1. The second-order valence-corrected chi connectivity index (χ2v) is 11.1. The molecule has 2 aliphatic rings. The second kappa shape index (κ2) is 9.73. The molecule has 0 saturated carbocycles. The molecule has 11 heteroatoms. The predicted octanol–water partition coefficient (Wildman–Crippen LogP) is 4.50. The molecule has 1 aromatic heterocycles. The lowest BCUT2D eigenvalue weighted by atomic mass is 10.0. The van der Waals surface area contributed by atoms with Crippen molar-refractivity contribution >= 4 is 89.4 Å². The van der Waals surface area contributed by atoms with Crippen LogP contribution in [0.1, 0.15) is 11.6 Å². The molecule has 2 aliphatic heterocycles. The maximum Gasteiger partial charge on any atom is 0.244 e. The molecule has 3 aromatic rings. The molecule has 2 N–H and O–H groups in total. The number of nitrogens with one attached hydrogen (secondary N) is 2. The van der Waals surface area contributed by atoms with Crippen molar-refractivity contribution in [2.75, 3.05) is 36.0 Å². The lowest BCUT2D eigenvalue weighted by molar-refractivity contribution is -0.129. The molecule has 0 bridgehead atoms. The maximum absolute atomic E-state index is 12.8. The SMILES string of the molecule is O=C(C/N=C1\NC(=S)N(c2ccc3[nH]cnc3c2)C1c1cc(Br)cc(Br)c1)N1CCSCC1. The number of thiocarbonyl (C=S) groups is 1. The highest BCUT2D eigenvalue weighted by atomic mass is 79.9. The third-order valence-corrected chi connectivity index (χ3v) is 7.76. The Morgan fingerprint density at radius 3 is 2.70 bits per heavy atom. The van der Waals surface area contributed by atoms with E-state index in [1.54, 1.807) is 6.33 Å². The maximum atomic E-state index is 12.8. The molecule has 1 unspecified atom stereocenters. The zero-order chi connectivity index (χ0) is 22.9. The molecule has 33 heavy (non-hydrogen) atoms. The number of aliphatic imine (C=N–C) groups is 1. The number of rotatable bonds is 4. The number of halogens is 2. The first kappa shape index (κ1) is 22.8. The van der Waals surface area contributed by atoms with E-state index in [-0.39, 0.29) is 18.5 Å². The first-order valence-corrected chi connectivity index (χ1v) is 13.5. The standard InChI is InChI=1S/C22H20Br2N6OS2/c23-14-7-13(8-15(24)9-14)20-21(25-11-19(31)29-3-5-33-6-4-29)28-22(32)30(20)16-1-2-17-18(10-16)27-12-26-17/h1-2,7-10,12,20H,3-6,11H2,(H,26,27)(H,25,28,32). The van der Waals surface area contributed by atoms with Crippen LogP contribution in [-0.4, -0.2) is 62.9 Å². The molecule has 5 rings (SSSR count). The van der Waals surface area contributed by atoms with Gasteiger partial charge >= 0.3 is 0 Å². The van der Waals surface area contributed by atoms with Gasteiger partial charge in [0.25, 0.3) is 0 Å². The van der Waals surface area contributed by atoms with Crippen molar-refractivity contribution in [1.29, 1.82) is 0 Å². The Labute approximate surface area is 217 Å². The number of fused-ring (bicyclic) bond motifs is 1. The number of nitrogens with zero attached hydrogens (tertiary/aromatic N) is 4. The Morgan fingerprint density at radius 1 is 1.18 bits per heavy atom. The summed E-state index contributed by atoms with van der Waals surface area (Å²) in [5.74, 6) is 2.65. The minimum atomic E-state index is -0.299. The number of benzene rings is 2. The van der Waals surface area contributed by atoms with E-state index in [4.69, 9.17) is 17.2 Å². The van der Waals surface area contributed by atoms with E-state index in [0.29, 0.717) is 10.9 Å². The number of imidazole rings is 1. The number of aromatic nitrogens is 2. The predicted molar refractivity (Wildman–Crippen MR) is 145 cm³/mol. The number of thioether (sulfide) groups is 1. The number of hydrogen-bond donors (Lipinski definition) is 2. The van der Waals surface area contributed by atoms with Gasteiger partial charge in [0.2, 0.25) is 5.91 Å². The molecule has 1 amide bonds. The summed E-state index contributed by atoms with van der Waals surface area (Å²) in [6.45, 7) is 1.64. The molecule has 7 nitrogen and oxygen atoms in total. The summed E-state index contributed by atoms with van der Waals surface area (Å²) in [5.41, 5.74) is 3.70. The lowest BCUT2D eigenvalue weighted by Crippen LogP contribution is -2.39. The average molecular weight is 608 g/mol. The molecular formula is C22H20Br2N6OS2. The van der Waals surface area contributed by atoms with Gasteiger partial charge in [-0.3, -0.25) is 9.79 Å². The third-order valence-electron chi connectivity index (χ3n) is 5.60. The Balaban J connectivity index is 1.52. The average Bonchev–Trinajstić information content (AvgIpc) is 3.40. The van der Waals surface area contributed by atoms with E-state index in [0.717, 1.165) is 55.8 Å². The minimum Gasteiger partial charge on any atom is -0.345 e. The molecule has 2 saturated heterocycles. The van der Waals surface area contributed by atoms with Gasteiger partial charge in [0.1, 0.15) is 18.4 Å². The van der Waals surface area contributed by atoms with Gasteiger partial charge in [-0.2, -0.15) is 11.8 Å². The normalized spacial score (nSPS) is 20.0. The van der Waals surface area contributed by atoms with Gasteiger partial charge < -0.3 is 20.1 Å². The van der Waals surface area contributed by atoms with Gasteiger partial charge in [0.15, 0.2) is 5.11 Å². The molecule has 3 heterocycles. The second-order valence-electron chi connectivity index (χ2n) is 7.70. The zero-order valence-electron chi connectivity index (χ0n) is 17.4. The number of aromatic amines is 1. The summed E-state index contributed by atoms with van der Waals surface area (Å²) in [6.07, 6.45) is 1.68. The summed E-state index contributed by atoms with van der Waals surface area (Å²) >= 11 is 14.8. The topological polar surface area (TPSA) is 76.6 Å². The van der Waals surface area contributed by atoms with Gasteiger partial charge in [-0.1, -0.05) is 31.9 Å². The lowest BCUT2D eigenvalue weighted by Gasteiger charge is -2.26. The minimum absolute atomic E-state index is 0.0427. The van der Waals surface area contributed by atoms with Crippen LogP contribution in [-0.2, 0) is 4.79 Å². The van der Waals surface area contributed by atoms with Gasteiger partial charge in [-0.15, -0.1) is 0 Å². The van der Waals surface area contributed by atoms with E-state index >= 15 is 0 Å². The largest absolute Gasteiger partial charge is 0.345 e. The third kappa shape index (κ3) is 4.82. The quantitative estimate of drug-likeness (QED) is 0.426. The van der Waals surface area contributed by atoms with Crippen molar-refractivity contribution in [2.24, 2.45) is 4.99 Å². The smallest absolute Gasteiger partial charge is 0.244 e. The molecule has 0 aliphatic carbocycles. The highest BCUT2D eigenvalue weighted by molar-refractivity contribution is 9.11. The van der Waals surface area contributed by atoms with Crippen LogP contribution in [0.15, 0.2) is 56.7 Å². The van der Waals surface area contributed by atoms with E-state index in [1.165, 1.54) is 0 Å². The molecule has 2 aromatic carbocycles. The first-order valence-electron chi connectivity index (χ1n) is 10.4. The van der Waals surface area contributed by atoms with E-state index < -0.39 is 0 Å². The van der Waals surface area contributed by atoms with Crippen molar-refractivity contribution in [2.45, 2.75) is 6.04 Å². The number of carbonyl (C=O) groups is 1. The number of amides is 1. The monoisotopic (exact) mass is 606 g/mol. The van der Waals surface area contributed by atoms with E-state index in [2.05, 4.69) is 47.1 Å². The van der Waals surface area contributed by atoms with Crippen LogP contribution in [0.5, 0.6) is 0 Å². The van der Waals surface area contributed by atoms with Crippen LogP contribution in [0, 0.1) is 0 Å².